The molecule has 0 aromatic rings. The third kappa shape index (κ3) is 1.99. The number of fused-ring (bicyclic) bond motifs is 1. The van der Waals surface area contributed by atoms with Gasteiger partial charge in [-0.1, -0.05) is 0 Å². The third-order valence-corrected chi connectivity index (χ3v) is 3.83. The van der Waals surface area contributed by atoms with Crippen LogP contribution in [0.5, 0.6) is 0 Å². The summed E-state index contributed by atoms with van der Waals surface area (Å²) in [5, 5.41) is 0. The number of methoxy groups -OCH3 is 1. The molecule has 6 nitrogen and oxygen atoms in total. The van der Waals surface area contributed by atoms with Gasteiger partial charge in [0, 0.05) is 13.1 Å². The molecule has 1 saturated heterocycles. The quantitative estimate of drug-likeness (QED) is 0.552. The second kappa shape index (κ2) is 3.95. The van der Waals surface area contributed by atoms with Gasteiger partial charge in [0.1, 0.15) is 17.3 Å². The molecule has 0 bridgehead atoms. The van der Waals surface area contributed by atoms with Crippen LogP contribution in [0.25, 0.3) is 0 Å². The monoisotopic (exact) mass is 269 g/mol. The van der Waals surface area contributed by atoms with E-state index in [0.717, 1.165) is 6.29 Å². The number of esters is 1. The zero-order chi connectivity index (χ0) is 14.5. The lowest BCUT2D eigenvalue weighted by Gasteiger charge is -2.26. The molecule has 1 saturated carbocycles. The maximum atomic E-state index is 12.0. The first kappa shape index (κ1) is 13.8. The Hall–Kier alpha value is -1.59. The topological polar surface area (TPSA) is 72.9 Å². The second-order valence-electron chi connectivity index (χ2n) is 6.36. The van der Waals surface area contributed by atoms with Crippen molar-refractivity contribution in [2.24, 2.45) is 10.8 Å². The Morgan fingerprint density at radius 3 is 2.37 bits per heavy atom. The van der Waals surface area contributed by atoms with Gasteiger partial charge in [0.05, 0.1) is 12.5 Å². The van der Waals surface area contributed by atoms with E-state index < -0.39 is 28.5 Å². The molecular weight excluding hydrogens is 250 g/mol. The normalized spacial score (nSPS) is 32.5. The van der Waals surface area contributed by atoms with Crippen LogP contribution in [0.1, 0.15) is 27.2 Å². The van der Waals surface area contributed by atoms with Crippen LogP contribution in [0, 0.1) is 10.8 Å². The van der Waals surface area contributed by atoms with Crippen LogP contribution >= 0.6 is 0 Å². The summed E-state index contributed by atoms with van der Waals surface area (Å²) in [5.41, 5.74) is -2.24. The molecule has 0 N–H and O–H groups in total. The third-order valence-electron chi connectivity index (χ3n) is 3.83. The van der Waals surface area contributed by atoms with Gasteiger partial charge in [-0.3, -0.25) is 4.79 Å². The molecule has 6 heteroatoms. The van der Waals surface area contributed by atoms with Crippen LogP contribution in [0.3, 0.4) is 0 Å². The molecule has 2 atom stereocenters. The van der Waals surface area contributed by atoms with Crippen molar-refractivity contribution in [1.29, 1.82) is 0 Å². The SMILES string of the molecule is COC(=O)[C@@]12CN(C(=O)OC(C)(C)C)C[C@]1(C=O)C2. The molecule has 0 spiro atoms. The van der Waals surface area contributed by atoms with E-state index in [1.165, 1.54) is 12.0 Å². The molecule has 0 radical (unpaired) electrons. The molecule has 1 amide bonds. The summed E-state index contributed by atoms with van der Waals surface area (Å²) in [6.07, 6.45) is 0.730. The van der Waals surface area contributed by atoms with Gasteiger partial charge in [0.15, 0.2) is 0 Å². The van der Waals surface area contributed by atoms with Gasteiger partial charge < -0.3 is 19.2 Å². The van der Waals surface area contributed by atoms with Crippen molar-refractivity contribution in [3.05, 3.63) is 0 Å². The van der Waals surface area contributed by atoms with Crippen molar-refractivity contribution >= 4 is 18.3 Å². The first-order chi connectivity index (χ1) is 8.70. The van der Waals surface area contributed by atoms with E-state index in [1.54, 1.807) is 20.8 Å². The average molecular weight is 269 g/mol. The van der Waals surface area contributed by atoms with E-state index in [1.807, 2.05) is 0 Å². The van der Waals surface area contributed by atoms with Crippen molar-refractivity contribution in [2.75, 3.05) is 20.2 Å². The number of nitrogens with zero attached hydrogens (tertiary/aromatic N) is 1. The molecule has 0 unspecified atom stereocenters. The second-order valence-corrected chi connectivity index (χ2v) is 6.36. The summed E-state index contributed by atoms with van der Waals surface area (Å²) in [7, 11) is 1.29. The van der Waals surface area contributed by atoms with Gasteiger partial charge in [-0.2, -0.15) is 0 Å². The molecule has 0 aromatic carbocycles. The van der Waals surface area contributed by atoms with E-state index in [0.29, 0.717) is 6.42 Å². The molecule has 1 heterocycles. The van der Waals surface area contributed by atoms with Crippen molar-refractivity contribution in [3.8, 4) is 0 Å². The highest BCUT2D eigenvalue weighted by molar-refractivity contribution is 5.92. The average Bonchev–Trinajstić information content (AvgIpc) is 2.84. The summed E-state index contributed by atoms with van der Waals surface area (Å²) in [5.74, 6) is -0.425. The lowest BCUT2D eigenvalue weighted by atomic mass is 9.98. The predicted octanol–water partition coefficient (Wildman–Crippen LogP) is 0.985. The van der Waals surface area contributed by atoms with E-state index >= 15 is 0 Å². The van der Waals surface area contributed by atoms with Crippen LogP contribution in [0.2, 0.25) is 0 Å². The Bertz CT molecular complexity index is 441. The lowest BCUT2D eigenvalue weighted by molar-refractivity contribution is -0.148. The standard InChI is InChI=1S/C13H19NO5/c1-11(2,3)19-10(17)14-6-12(8-15)5-13(12,7-14)9(16)18-4/h8H,5-7H2,1-4H3/t12-,13+/m0/s1. The van der Waals surface area contributed by atoms with Crippen molar-refractivity contribution in [1.82, 2.24) is 4.90 Å². The van der Waals surface area contributed by atoms with Crippen LogP contribution in [-0.4, -0.2) is 49.0 Å². The van der Waals surface area contributed by atoms with Crippen molar-refractivity contribution < 1.29 is 23.9 Å². The number of aldehydes is 1. The van der Waals surface area contributed by atoms with Gasteiger partial charge >= 0.3 is 12.1 Å². The van der Waals surface area contributed by atoms with Crippen LogP contribution < -0.4 is 0 Å². The maximum Gasteiger partial charge on any atom is 0.410 e. The van der Waals surface area contributed by atoms with Crippen LogP contribution in [0.4, 0.5) is 4.79 Å². The molecule has 19 heavy (non-hydrogen) atoms. The number of hydrogen-bond acceptors (Lipinski definition) is 5. The fraction of sp³-hybridized carbons (Fsp3) is 0.769. The molecule has 0 aromatic heterocycles. The Balaban J connectivity index is 2.12. The van der Waals surface area contributed by atoms with E-state index in [4.69, 9.17) is 9.47 Å². The predicted molar refractivity (Wildman–Crippen MR) is 65.4 cm³/mol. The highest BCUT2D eigenvalue weighted by atomic mass is 16.6. The molecule has 2 fully saturated rings. The number of rotatable bonds is 2. The number of piperidine rings is 1. The van der Waals surface area contributed by atoms with Crippen molar-refractivity contribution in [3.63, 3.8) is 0 Å². The highest BCUT2D eigenvalue weighted by Crippen LogP contribution is 2.67. The fourth-order valence-electron chi connectivity index (χ4n) is 2.82. The first-order valence-electron chi connectivity index (χ1n) is 6.22. The number of hydrogen-bond donors (Lipinski definition) is 0. The minimum Gasteiger partial charge on any atom is -0.469 e. The molecule has 106 valence electrons. The summed E-state index contributed by atoms with van der Waals surface area (Å²) in [4.78, 5) is 36.5. The molecule has 2 rings (SSSR count). The summed E-state index contributed by atoms with van der Waals surface area (Å²) >= 11 is 0. The van der Waals surface area contributed by atoms with E-state index in [9.17, 15) is 14.4 Å². The Labute approximate surface area is 112 Å². The largest absolute Gasteiger partial charge is 0.469 e. The molecule has 1 aliphatic carbocycles. The molecule has 1 aliphatic heterocycles. The van der Waals surface area contributed by atoms with E-state index in [-0.39, 0.29) is 13.1 Å². The van der Waals surface area contributed by atoms with Gasteiger partial charge in [-0.25, -0.2) is 4.79 Å². The zero-order valence-electron chi connectivity index (χ0n) is 11.7. The number of ether oxygens (including phenoxy) is 2. The number of likely N-dealkylation sites (tertiary alicyclic amines) is 1. The number of carbonyl (C=O) groups excluding carboxylic acids is 3. The Kier molecular flexibility index (Phi) is 2.88. The lowest BCUT2D eigenvalue weighted by Crippen LogP contribution is -2.38. The summed E-state index contributed by atoms with van der Waals surface area (Å²) in [6, 6.07) is 0. The Morgan fingerprint density at radius 2 is 1.89 bits per heavy atom. The summed E-state index contributed by atoms with van der Waals surface area (Å²) in [6.45, 7) is 5.72. The smallest absolute Gasteiger partial charge is 0.410 e. The van der Waals surface area contributed by atoms with E-state index in [2.05, 4.69) is 0 Å². The number of amides is 1. The molecular formula is C13H19NO5. The molecule has 2 aliphatic rings. The minimum absolute atomic E-state index is 0.188. The van der Waals surface area contributed by atoms with Gasteiger partial charge in [0.25, 0.3) is 0 Å². The minimum atomic E-state index is -0.861. The highest BCUT2D eigenvalue weighted by Gasteiger charge is 2.78. The number of carbonyl (C=O) groups is 3. The zero-order valence-corrected chi connectivity index (χ0v) is 11.7. The van der Waals surface area contributed by atoms with Crippen molar-refractivity contribution in [2.45, 2.75) is 32.8 Å². The fourth-order valence-corrected chi connectivity index (χ4v) is 2.82. The first-order valence-corrected chi connectivity index (χ1v) is 6.22. The van der Waals surface area contributed by atoms with Gasteiger partial charge in [-0.05, 0) is 27.2 Å². The van der Waals surface area contributed by atoms with Gasteiger partial charge in [0.2, 0.25) is 0 Å². The Morgan fingerprint density at radius 1 is 1.26 bits per heavy atom. The van der Waals surface area contributed by atoms with Crippen LogP contribution in [-0.2, 0) is 19.1 Å². The maximum absolute atomic E-state index is 12.0. The van der Waals surface area contributed by atoms with Crippen LogP contribution in [0.15, 0.2) is 0 Å². The van der Waals surface area contributed by atoms with Gasteiger partial charge in [-0.15, -0.1) is 0 Å². The summed E-state index contributed by atoms with van der Waals surface area (Å²) < 4.78 is 10.0.